The van der Waals surface area contributed by atoms with E-state index in [0.29, 0.717) is 12.1 Å². The molecule has 19 heavy (non-hydrogen) atoms. The lowest BCUT2D eigenvalue weighted by molar-refractivity contribution is -0.143. The number of fused-ring (bicyclic) bond motifs is 1. The largest absolute Gasteiger partial charge is 0.508 e. The number of nitrogens with one attached hydrogen (secondary N) is 1. The fourth-order valence-electron chi connectivity index (χ4n) is 2.29. The van der Waals surface area contributed by atoms with Gasteiger partial charge in [0.1, 0.15) is 11.8 Å². The first-order chi connectivity index (χ1) is 9.08. The van der Waals surface area contributed by atoms with E-state index >= 15 is 0 Å². The second kappa shape index (κ2) is 5.27. The van der Waals surface area contributed by atoms with Crippen LogP contribution in [0.25, 0.3) is 0 Å². The number of phenolic OH excluding ortho intramolecular Hbond substituents is 1. The van der Waals surface area contributed by atoms with Crippen molar-refractivity contribution in [1.29, 1.82) is 0 Å². The predicted octanol–water partition coefficient (Wildman–Crippen LogP) is 0.0423. The third-order valence-corrected chi connectivity index (χ3v) is 3.12. The van der Waals surface area contributed by atoms with Crippen molar-refractivity contribution in [1.82, 2.24) is 5.32 Å². The van der Waals surface area contributed by atoms with Crippen LogP contribution in [0.3, 0.4) is 0 Å². The third-order valence-electron chi connectivity index (χ3n) is 3.12. The summed E-state index contributed by atoms with van der Waals surface area (Å²) in [4.78, 5) is 25.3. The van der Waals surface area contributed by atoms with Gasteiger partial charge in [-0.3, -0.25) is 9.69 Å². The maximum Gasteiger partial charge on any atom is 0.329 e. The molecule has 6 nitrogen and oxygen atoms in total. The molecule has 0 spiro atoms. The fourth-order valence-corrected chi connectivity index (χ4v) is 2.29. The summed E-state index contributed by atoms with van der Waals surface area (Å²) in [5, 5.41) is 12.3. The van der Waals surface area contributed by atoms with E-state index < -0.39 is 12.0 Å². The van der Waals surface area contributed by atoms with Gasteiger partial charge in [-0.2, -0.15) is 0 Å². The molecule has 0 bridgehead atoms. The summed E-state index contributed by atoms with van der Waals surface area (Å²) < 4.78 is 4.74. The van der Waals surface area contributed by atoms with Crippen molar-refractivity contribution in [3.05, 3.63) is 23.8 Å². The van der Waals surface area contributed by atoms with E-state index in [4.69, 9.17) is 4.74 Å². The Morgan fingerprint density at radius 3 is 2.89 bits per heavy atom. The minimum Gasteiger partial charge on any atom is -0.508 e. The molecule has 1 aromatic rings. The maximum absolute atomic E-state index is 12.1. The van der Waals surface area contributed by atoms with E-state index in [-0.39, 0.29) is 18.2 Å². The number of hydrogen-bond acceptors (Lipinski definition) is 5. The third kappa shape index (κ3) is 2.39. The van der Waals surface area contributed by atoms with E-state index in [1.807, 2.05) is 0 Å². The number of ether oxygens (including phenoxy) is 1. The molecule has 6 heteroatoms. The molecule has 1 amide bonds. The monoisotopic (exact) mass is 264 g/mol. The summed E-state index contributed by atoms with van der Waals surface area (Å²) in [7, 11) is 2.95. The van der Waals surface area contributed by atoms with Gasteiger partial charge in [-0.05, 0) is 18.7 Å². The molecule has 0 aromatic heterocycles. The van der Waals surface area contributed by atoms with Gasteiger partial charge >= 0.3 is 5.97 Å². The molecule has 1 aromatic carbocycles. The average molecular weight is 264 g/mol. The molecule has 1 heterocycles. The minimum atomic E-state index is -0.664. The summed E-state index contributed by atoms with van der Waals surface area (Å²) in [5.74, 6) is -0.631. The van der Waals surface area contributed by atoms with Crippen molar-refractivity contribution < 1.29 is 19.4 Å². The maximum atomic E-state index is 12.1. The van der Waals surface area contributed by atoms with E-state index in [2.05, 4.69) is 5.32 Å². The number of hydrogen-bond donors (Lipinski definition) is 2. The number of anilines is 1. The van der Waals surface area contributed by atoms with Crippen LogP contribution in [0.1, 0.15) is 5.56 Å². The molecule has 2 rings (SSSR count). The second-order valence-electron chi connectivity index (χ2n) is 4.35. The summed E-state index contributed by atoms with van der Waals surface area (Å²) in [5.41, 5.74) is 1.41. The Labute approximate surface area is 111 Å². The predicted molar refractivity (Wildman–Crippen MR) is 69.0 cm³/mol. The van der Waals surface area contributed by atoms with Crippen LogP contribution in [0.4, 0.5) is 5.69 Å². The van der Waals surface area contributed by atoms with Crippen LogP contribution in [-0.4, -0.2) is 43.7 Å². The Balaban J connectivity index is 2.40. The van der Waals surface area contributed by atoms with Crippen molar-refractivity contribution in [2.75, 3.05) is 25.6 Å². The highest BCUT2D eigenvalue weighted by molar-refractivity contribution is 6.03. The number of rotatable bonds is 3. The fraction of sp³-hybridized carbons (Fsp3) is 0.385. The number of carbonyl (C=O) groups excluding carboxylic acids is 2. The zero-order valence-corrected chi connectivity index (χ0v) is 10.8. The van der Waals surface area contributed by atoms with Crippen LogP contribution in [0.5, 0.6) is 5.75 Å². The SMILES string of the molecule is CNCC(=O)N1c2cc(O)ccc2CC1C(=O)OC. The quantitative estimate of drug-likeness (QED) is 0.754. The highest BCUT2D eigenvalue weighted by atomic mass is 16.5. The number of esters is 1. The lowest BCUT2D eigenvalue weighted by Crippen LogP contribution is -2.46. The van der Waals surface area contributed by atoms with E-state index in [0.717, 1.165) is 5.56 Å². The molecule has 0 saturated heterocycles. The van der Waals surface area contributed by atoms with Crippen LogP contribution >= 0.6 is 0 Å². The first-order valence-electron chi connectivity index (χ1n) is 5.95. The lowest BCUT2D eigenvalue weighted by Gasteiger charge is -2.23. The molecule has 1 aliphatic rings. The van der Waals surface area contributed by atoms with Gasteiger partial charge in [0.25, 0.3) is 0 Å². The zero-order chi connectivity index (χ0) is 14.0. The Hall–Kier alpha value is -2.08. The average Bonchev–Trinajstić information content (AvgIpc) is 2.76. The van der Waals surface area contributed by atoms with E-state index in [9.17, 15) is 14.7 Å². The first-order valence-corrected chi connectivity index (χ1v) is 5.95. The highest BCUT2D eigenvalue weighted by Crippen LogP contribution is 2.35. The van der Waals surface area contributed by atoms with Gasteiger partial charge in [0.15, 0.2) is 0 Å². The van der Waals surface area contributed by atoms with Gasteiger partial charge in [0.2, 0.25) is 5.91 Å². The second-order valence-corrected chi connectivity index (χ2v) is 4.35. The molecule has 0 radical (unpaired) electrons. The van der Waals surface area contributed by atoms with Gasteiger partial charge in [-0.1, -0.05) is 6.07 Å². The minimum absolute atomic E-state index is 0.0616. The summed E-state index contributed by atoms with van der Waals surface area (Å²) in [6, 6.07) is 4.08. The number of carbonyl (C=O) groups is 2. The van der Waals surface area contributed by atoms with E-state index in [1.54, 1.807) is 19.2 Å². The molecule has 2 N–H and O–H groups in total. The topological polar surface area (TPSA) is 78.9 Å². The Morgan fingerprint density at radius 2 is 2.26 bits per heavy atom. The first kappa shape index (κ1) is 13.4. The molecule has 0 saturated carbocycles. The van der Waals surface area contributed by atoms with Gasteiger partial charge in [-0.15, -0.1) is 0 Å². The summed E-state index contributed by atoms with van der Waals surface area (Å²) in [6.45, 7) is 0.114. The zero-order valence-electron chi connectivity index (χ0n) is 10.8. The van der Waals surface area contributed by atoms with Gasteiger partial charge in [0.05, 0.1) is 19.3 Å². The van der Waals surface area contributed by atoms with Gasteiger partial charge < -0.3 is 15.2 Å². The molecule has 0 aliphatic carbocycles. The number of phenols is 1. The number of benzene rings is 1. The van der Waals surface area contributed by atoms with Crippen LogP contribution in [0.2, 0.25) is 0 Å². The number of likely N-dealkylation sites (N-methyl/N-ethyl adjacent to an activating group) is 1. The molecule has 1 atom stereocenters. The van der Waals surface area contributed by atoms with Gasteiger partial charge in [-0.25, -0.2) is 4.79 Å². The van der Waals surface area contributed by atoms with Crippen LogP contribution in [0.15, 0.2) is 18.2 Å². The van der Waals surface area contributed by atoms with Crippen molar-refractivity contribution >= 4 is 17.6 Å². The number of amides is 1. The Bertz CT molecular complexity index is 515. The van der Waals surface area contributed by atoms with Gasteiger partial charge in [0, 0.05) is 12.5 Å². The van der Waals surface area contributed by atoms with Crippen LogP contribution < -0.4 is 10.2 Å². The molecule has 0 fully saturated rings. The Kier molecular flexibility index (Phi) is 3.71. The molecular weight excluding hydrogens is 248 g/mol. The number of aromatic hydroxyl groups is 1. The smallest absolute Gasteiger partial charge is 0.329 e. The standard InChI is InChI=1S/C13H16N2O4/c1-14-7-12(17)15-10-6-9(16)4-3-8(10)5-11(15)13(18)19-2/h3-4,6,11,14,16H,5,7H2,1-2H3. The molecule has 102 valence electrons. The normalized spacial score (nSPS) is 17.2. The lowest BCUT2D eigenvalue weighted by atomic mass is 10.1. The van der Waals surface area contributed by atoms with Crippen molar-refractivity contribution in [3.63, 3.8) is 0 Å². The molecular formula is C13H16N2O4. The summed E-state index contributed by atoms with van der Waals surface area (Å²) >= 11 is 0. The van der Waals surface area contributed by atoms with E-state index in [1.165, 1.54) is 18.1 Å². The Morgan fingerprint density at radius 1 is 1.53 bits per heavy atom. The van der Waals surface area contributed by atoms with Crippen LogP contribution in [-0.2, 0) is 20.7 Å². The number of methoxy groups -OCH3 is 1. The highest BCUT2D eigenvalue weighted by Gasteiger charge is 2.38. The van der Waals surface area contributed by atoms with Crippen molar-refractivity contribution in [2.24, 2.45) is 0 Å². The van der Waals surface area contributed by atoms with Crippen molar-refractivity contribution in [3.8, 4) is 5.75 Å². The number of nitrogens with zero attached hydrogens (tertiary/aromatic N) is 1. The summed E-state index contributed by atoms with van der Waals surface area (Å²) in [6.07, 6.45) is 0.401. The van der Waals surface area contributed by atoms with Crippen molar-refractivity contribution in [2.45, 2.75) is 12.5 Å². The molecule has 1 aliphatic heterocycles. The molecule has 1 unspecified atom stereocenters. The van der Waals surface area contributed by atoms with Crippen LogP contribution in [0, 0.1) is 0 Å².